The molecular formula is C24H19ClF2N2O4S2. The summed E-state index contributed by atoms with van der Waals surface area (Å²) in [6, 6.07) is 12.8. The number of carbonyl (C=O) groups is 1. The van der Waals surface area contributed by atoms with Gasteiger partial charge in [-0.3, -0.25) is 4.79 Å². The van der Waals surface area contributed by atoms with Crippen molar-refractivity contribution in [1.82, 2.24) is 4.98 Å². The minimum absolute atomic E-state index is 0.00766. The number of aromatic nitrogens is 1. The lowest BCUT2D eigenvalue weighted by molar-refractivity contribution is 0.103. The molecule has 0 aliphatic heterocycles. The monoisotopic (exact) mass is 536 g/mol. The fourth-order valence-electron chi connectivity index (χ4n) is 3.19. The number of anilines is 1. The van der Waals surface area contributed by atoms with Crippen LogP contribution in [0.25, 0.3) is 10.1 Å². The maximum absolute atomic E-state index is 13.4. The van der Waals surface area contributed by atoms with Gasteiger partial charge in [0, 0.05) is 28.8 Å². The van der Waals surface area contributed by atoms with E-state index in [0.29, 0.717) is 10.4 Å². The molecule has 4 aromatic rings. The molecule has 2 aromatic carbocycles. The second-order valence-corrected chi connectivity index (χ2v) is 12.3. The predicted molar refractivity (Wildman–Crippen MR) is 133 cm³/mol. The molecule has 0 saturated heterocycles. The van der Waals surface area contributed by atoms with Gasteiger partial charge < -0.3 is 10.1 Å². The summed E-state index contributed by atoms with van der Waals surface area (Å²) >= 11 is 7.29. The van der Waals surface area contributed by atoms with E-state index in [9.17, 15) is 22.0 Å². The Morgan fingerprint density at radius 2 is 1.80 bits per heavy atom. The van der Waals surface area contributed by atoms with Crippen LogP contribution in [0.4, 0.5) is 14.5 Å². The van der Waals surface area contributed by atoms with E-state index in [4.69, 9.17) is 16.3 Å². The first-order valence-corrected chi connectivity index (χ1v) is 13.3. The zero-order chi connectivity index (χ0) is 25.5. The molecule has 1 N–H and O–H groups in total. The number of halogens is 3. The lowest BCUT2D eigenvalue weighted by Gasteiger charge is -2.23. The molecule has 0 aliphatic rings. The standard InChI is InChI=1S/C24H19ClF2N2O4S2/c1-24(2,35(3,31)32)14-4-7-19-13(8-14)9-20(34-19)23(30)28-15-10-21(25)29-22(11-15)33-16-5-6-17(26)18(27)12-16/h4-12H,1-3H3,(H,28,29,30). The minimum Gasteiger partial charge on any atom is -0.439 e. The Kier molecular flexibility index (Phi) is 6.56. The zero-order valence-corrected chi connectivity index (χ0v) is 21.1. The third kappa shape index (κ3) is 5.29. The number of nitrogens with one attached hydrogen (secondary N) is 1. The van der Waals surface area contributed by atoms with Gasteiger partial charge in [-0.2, -0.15) is 0 Å². The number of carbonyl (C=O) groups excluding carboxylic acids is 1. The molecule has 1 amide bonds. The minimum atomic E-state index is -3.36. The predicted octanol–water partition coefficient (Wildman–Crippen LogP) is 6.55. The van der Waals surface area contributed by atoms with Gasteiger partial charge in [0.25, 0.3) is 5.91 Å². The van der Waals surface area contributed by atoms with Crippen LogP contribution in [0.3, 0.4) is 0 Å². The largest absolute Gasteiger partial charge is 0.439 e. The second kappa shape index (κ2) is 9.18. The van der Waals surface area contributed by atoms with Crippen LogP contribution in [0.15, 0.2) is 54.6 Å². The summed E-state index contributed by atoms with van der Waals surface area (Å²) in [7, 11) is -3.36. The summed E-state index contributed by atoms with van der Waals surface area (Å²) in [5.74, 6) is -2.53. The first kappa shape index (κ1) is 25.0. The molecule has 0 spiro atoms. The van der Waals surface area contributed by atoms with Gasteiger partial charge >= 0.3 is 0 Å². The number of rotatable bonds is 6. The highest BCUT2D eigenvalue weighted by molar-refractivity contribution is 7.91. The van der Waals surface area contributed by atoms with Crippen LogP contribution in [0, 0.1) is 11.6 Å². The number of amides is 1. The normalized spacial score (nSPS) is 12.1. The number of sulfone groups is 1. The van der Waals surface area contributed by atoms with Crippen molar-refractivity contribution >= 4 is 54.5 Å². The van der Waals surface area contributed by atoms with Crippen LogP contribution >= 0.6 is 22.9 Å². The Morgan fingerprint density at radius 1 is 1.06 bits per heavy atom. The lowest BCUT2D eigenvalue weighted by Crippen LogP contribution is -2.27. The van der Waals surface area contributed by atoms with E-state index in [1.54, 1.807) is 38.1 Å². The third-order valence-corrected chi connectivity index (χ3v) is 8.90. The SMILES string of the molecule is CC(C)(c1ccc2sc(C(=O)Nc3cc(Cl)nc(Oc4ccc(F)c(F)c4)c3)cc2c1)S(C)(=O)=O. The van der Waals surface area contributed by atoms with Crippen molar-refractivity contribution in [2.45, 2.75) is 18.6 Å². The van der Waals surface area contributed by atoms with Crippen molar-refractivity contribution < 1.29 is 26.7 Å². The fraction of sp³-hybridized carbons (Fsp3) is 0.167. The number of hydrogen-bond donors (Lipinski definition) is 1. The summed E-state index contributed by atoms with van der Waals surface area (Å²) in [4.78, 5) is 17.3. The van der Waals surface area contributed by atoms with Crippen LogP contribution in [0.5, 0.6) is 11.6 Å². The average Bonchev–Trinajstić information content (AvgIpc) is 3.19. The van der Waals surface area contributed by atoms with E-state index in [0.717, 1.165) is 22.2 Å². The number of thiophene rings is 1. The quantitative estimate of drug-likeness (QED) is 0.282. The van der Waals surface area contributed by atoms with Crippen LogP contribution in [-0.4, -0.2) is 25.6 Å². The van der Waals surface area contributed by atoms with Crippen LogP contribution < -0.4 is 10.1 Å². The van der Waals surface area contributed by atoms with Gasteiger partial charge in [-0.15, -0.1) is 11.3 Å². The highest BCUT2D eigenvalue weighted by Gasteiger charge is 2.32. The molecule has 4 rings (SSSR count). The van der Waals surface area contributed by atoms with E-state index in [-0.39, 0.29) is 22.5 Å². The van der Waals surface area contributed by atoms with Gasteiger partial charge in [0.15, 0.2) is 21.5 Å². The molecule has 35 heavy (non-hydrogen) atoms. The van der Waals surface area contributed by atoms with Crippen LogP contribution in [0.2, 0.25) is 5.15 Å². The number of nitrogens with zero attached hydrogens (tertiary/aromatic N) is 1. The summed E-state index contributed by atoms with van der Waals surface area (Å²) in [5, 5.41) is 3.47. The number of pyridine rings is 1. The van der Waals surface area contributed by atoms with Gasteiger partial charge in [0.1, 0.15) is 10.9 Å². The molecule has 0 atom stereocenters. The first-order chi connectivity index (χ1) is 16.3. The Morgan fingerprint density at radius 3 is 2.49 bits per heavy atom. The molecule has 2 aromatic heterocycles. The first-order valence-electron chi connectivity index (χ1n) is 10.2. The molecular weight excluding hydrogens is 518 g/mol. The molecule has 0 aliphatic carbocycles. The van der Waals surface area contributed by atoms with Gasteiger partial charge in [-0.25, -0.2) is 22.2 Å². The van der Waals surface area contributed by atoms with Gasteiger partial charge in [-0.1, -0.05) is 17.7 Å². The molecule has 0 saturated carbocycles. The van der Waals surface area contributed by atoms with Gasteiger partial charge in [-0.05, 0) is 61.2 Å². The highest BCUT2D eigenvalue weighted by atomic mass is 35.5. The van der Waals surface area contributed by atoms with E-state index < -0.39 is 32.1 Å². The molecule has 0 bridgehead atoms. The zero-order valence-electron chi connectivity index (χ0n) is 18.7. The van der Waals surface area contributed by atoms with Gasteiger partial charge in [0.2, 0.25) is 5.88 Å². The van der Waals surface area contributed by atoms with Crippen molar-refractivity contribution in [3.05, 3.63) is 81.8 Å². The third-order valence-electron chi connectivity index (χ3n) is 5.50. The van der Waals surface area contributed by atoms with Crippen molar-refractivity contribution in [2.75, 3.05) is 11.6 Å². The van der Waals surface area contributed by atoms with Crippen molar-refractivity contribution in [3.63, 3.8) is 0 Å². The lowest BCUT2D eigenvalue weighted by atomic mass is 10.0. The Bertz CT molecular complexity index is 1570. The Labute approximate surface area is 209 Å². The van der Waals surface area contributed by atoms with E-state index in [1.807, 2.05) is 0 Å². The fourth-order valence-corrected chi connectivity index (χ4v) is 4.89. The number of ether oxygens (including phenoxy) is 1. The molecule has 11 heteroatoms. The van der Waals surface area contributed by atoms with E-state index in [1.165, 1.54) is 35.8 Å². The van der Waals surface area contributed by atoms with Crippen molar-refractivity contribution in [3.8, 4) is 11.6 Å². The molecule has 0 radical (unpaired) electrons. The van der Waals surface area contributed by atoms with Crippen LogP contribution in [0.1, 0.15) is 29.1 Å². The Balaban J connectivity index is 1.57. The van der Waals surface area contributed by atoms with E-state index in [2.05, 4.69) is 10.3 Å². The summed E-state index contributed by atoms with van der Waals surface area (Å²) < 4.78 is 56.1. The molecule has 0 unspecified atom stereocenters. The average molecular weight is 537 g/mol. The molecule has 0 fully saturated rings. The number of benzene rings is 2. The Hall–Kier alpha value is -3.08. The summed E-state index contributed by atoms with van der Waals surface area (Å²) in [6.07, 6.45) is 1.19. The number of hydrogen-bond acceptors (Lipinski definition) is 6. The maximum Gasteiger partial charge on any atom is 0.265 e. The maximum atomic E-state index is 13.4. The highest BCUT2D eigenvalue weighted by Crippen LogP contribution is 2.34. The smallest absolute Gasteiger partial charge is 0.265 e. The van der Waals surface area contributed by atoms with E-state index >= 15 is 0 Å². The van der Waals surface area contributed by atoms with Crippen molar-refractivity contribution in [2.24, 2.45) is 0 Å². The summed E-state index contributed by atoms with van der Waals surface area (Å²) in [6.45, 7) is 3.27. The molecule has 182 valence electrons. The molecule has 2 heterocycles. The van der Waals surface area contributed by atoms with Crippen molar-refractivity contribution in [1.29, 1.82) is 0 Å². The molecule has 6 nitrogen and oxygen atoms in total. The van der Waals surface area contributed by atoms with Gasteiger partial charge in [0.05, 0.1) is 9.62 Å². The summed E-state index contributed by atoms with van der Waals surface area (Å²) in [5.41, 5.74) is 0.904. The number of fused-ring (bicyclic) bond motifs is 1. The second-order valence-electron chi connectivity index (χ2n) is 8.29. The van der Waals surface area contributed by atoms with Crippen LogP contribution in [-0.2, 0) is 14.6 Å². The topological polar surface area (TPSA) is 85.4 Å².